The summed E-state index contributed by atoms with van der Waals surface area (Å²) in [6.45, 7) is 0.663. The molecule has 0 heterocycles. The van der Waals surface area contributed by atoms with E-state index in [0.29, 0.717) is 19.4 Å². The number of aryl methyl sites for hydroxylation is 1. The van der Waals surface area contributed by atoms with Gasteiger partial charge in [-0.15, -0.1) is 0 Å². The molecule has 2 aromatic rings. The van der Waals surface area contributed by atoms with Crippen molar-refractivity contribution >= 4 is 11.6 Å². The standard InChI is InChI=1S/C22H28N2O2/c1-26-20-11-5-3-9-18(20)22(14-6-7-15-22)16-24-21(25)13-12-17-8-2-4-10-19(17)23/h2-5,8-11H,6-7,12-16,23H2,1H3,(H,24,25). The van der Waals surface area contributed by atoms with Crippen molar-refractivity contribution in [3.63, 3.8) is 0 Å². The van der Waals surface area contributed by atoms with E-state index in [9.17, 15) is 4.79 Å². The van der Waals surface area contributed by atoms with Crippen LogP contribution in [-0.2, 0) is 16.6 Å². The maximum absolute atomic E-state index is 12.4. The van der Waals surface area contributed by atoms with E-state index in [1.54, 1.807) is 7.11 Å². The predicted molar refractivity (Wildman–Crippen MR) is 105 cm³/mol. The van der Waals surface area contributed by atoms with Crippen molar-refractivity contribution < 1.29 is 9.53 Å². The number of ether oxygens (including phenoxy) is 1. The van der Waals surface area contributed by atoms with Crippen molar-refractivity contribution in [2.75, 3.05) is 19.4 Å². The highest BCUT2D eigenvalue weighted by Crippen LogP contribution is 2.44. The van der Waals surface area contributed by atoms with Gasteiger partial charge in [0.05, 0.1) is 7.11 Å². The summed E-state index contributed by atoms with van der Waals surface area (Å²) < 4.78 is 5.58. The van der Waals surface area contributed by atoms with Crippen LogP contribution in [0.2, 0.25) is 0 Å². The first-order valence-corrected chi connectivity index (χ1v) is 9.38. The highest BCUT2D eigenvalue weighted by Gasteiger charge is 2.37. The zero-order valence-electron chi connectivity index (χ0n) is 15.5. The number of benzene rings is 2. The fourth-order valence-corrected chi connectivity index (χ4v) is 4.04. The third-order valence-corrected chi connectivity index (χ3v) is 5.54. The lowest BCUT2D eigenvalue weighted by Crippen LogP contribution is -2.39. The Morgan fingerprint density at radius 3 is 2.54 bits per heavy atom. The van der Waals surface area contributed by atoms with Crippen LogP contribution in [0.3, 0.4) is 0 Å². The van der Waals surface area contributed by atoms with Crippen molar-refractivity contribution in [2.45, 2.75) is 43.9 Å². The van der Waals surface area contributed by atoms with Crippen molar-refractivity contribution in [1.29, 1.82) is 0 Å². The monoisotopic (exact) mass is 352 g/mol. The number of hydrogen-bond acceptors (Lipinski definition) is 3. The van der Waals surface area contributed by atoms with E-state index in [2.05, 4.69) is 17.4 Å². The molecule has 1 aliphatic carbocycles. The second kappa shape index (κ2) is 8.26. The highest BCUT2D eigenvalue weighted by atomic mass is 16.5. The summed E-state index contributed by atoms with van der Waals surface area (Å²) in [5.74, 6) is 0.995. The van der Waals surface area contributed by atoms with E-state index < -0.39 is 0 Å². The Hall–Kier alpha value is -2.49. The van der Waals surface area contributed by atoms with E-state index in [-0.39, 0.29) is 11.3 Å². The van der Waals surface area contributed by atoms with Crippen LogP contribution in [0.15, 0.2) is 48.5 Å². The number of anilines is 1. The number of nitrogen functional groups attached to an aromatic ring is 1. The lowest BCUT2D eigenvalue weighted by atomic mass is 9.78. The van der Waals surface area contributed by atoms with Gasteiger partial charge in [0.2, 0.25) is 5.91 Å². The van der Waals surface area contributed by atoms with Crippen molar-refractivity contribution in [3.8, 4) is 5.75 Å². The van der Waals surface area contributed by atoms with Gasteiger partial charge in [0.15, 0.2) is 0 Å². The first kappa shape index (κ1) is 18.3. The molecule has 138 valence electrons. The number of amides is 1. The van der Waals surface area contributed by atoms with Crippen molar-refractivity contribution in [3.05, 3.63) is 59.7 Å². The van der Waals surface area contributed by atoms with Crippen LogP contribution in [0.4, 0.5) is 5.69 Å². The predicted octanol–water partition coefficient (Wildman–Crippen LogP) is 3.84. The minimum Gasteiger partial charge on any atom is -0.496 e. The maximum atomic E-state index is 12.4. The molecular formula is C22H28N2O2. The van der Waals surface area contributed by atoms with E-state index in [1.165, 1.54) is 18.4 Å². The van der Waals surface area contributed by atoms with Gasteiger partial charge in [-0.3, -0.25) is 4.79 Å². The largest absolute Gasteiger partial charge is 0.496 e. The quantitative estimate of drug-likeness (QED) is 0.744. The molecule has 3 rings (SSSR count). The second-order valence-corrected chi connectivity index (χ2v) is 7.16. The van der Waals surface area contributed by atoms with Crippen LogP contribution >= 0.6 is 0 Å². The zero-order chi connectivity index (χ0) is 18.4. The maximum Gasteiger partial charge on any atom is 0.220 e. The molecule has 0 saturated heterocycles. The zero-order valence-corrected chi connectivity index (χ0v) is 15.5. The molecule has 0 unspecified atom stereocenters. The average molecular weight is 352 g/mol. The van der Waals surface area contributed by atoms with Crippen LogP contribution in [0.1, 0.15) is 43.2 Å². The summed E-state index contributed by atoms with van der Waals surface area (Å²) >= 11 is 0. The van der Waals surface area contributed by atoms with Gasteiger partial charge in [-0.05, 0) is 37.0 Å². The first-order chi connectivity index (χ1) is 12.6. The van der Waals surface area contributed by atoms with Gasteiger partial charge in [0.1, 0.15) is 5.75 Å². The number of carbonyl (C=O) groups excluding carboxylic acids is 1. The van der Waals surface area contributed by atoms with Gasteiger partial charge < -0.3 is 15.8 Å². The Balaban J connectivity index is 1.64. The lowest BCUT2D eigenvalue weighted by Gasteiger charge is -2.31. The van der Waals surface area contributed by atoms with E-state index in [0.717, 1.165) is 29.8 Å². The molecule has 1 fully saturated rings. The molecule has 4 heteroatoms. The summed E-state index contributed by atoms with van der Waals surface area (Å²) in [7, 11) is 1.71. The molecule has 1 aliphatic rings. The normalized spacial score (nSPS) is 15.6. The second-order valence-electron chi connectivity index (χ2n) is 7.16. The summed E-state index contributed by atoms with van der Waals surface area (Å²) in [6.07, 6.45) is 5.66. The molecule has 0 aliphatic heterocycles. The van der Waals surface area contributed by atoms with Gasteiger partial charge >= 0.3 is 0 Å². The molecule has 1 saturated carbocycles. The topological polar surface area (TPSA) is 64.3 Å². The number of rotatable bonds is 7. The van der Waals surface area contributed by atoms with Crippen molar-refractivity contribution in [1.82, 2.24) is 5.32 Å². The van der Waals surface area contributed by atoms with Crippen LogP contribution in [0.25, 0.3) is 0 Å². The van der Waals surface area contributed by atoms with Crippen LogP contribution in [0, 0.1) is 0 Å². The summed E-state index contributed by atoms with van der Waals surface area (Å²) in [6, 6.07) is 15.9. The average Bonchev–Trinajstić information content (AvgIpc) is 3.16. The molecular weight excluding hydrogens is 324 g/mol. The van der Waals surface area contributed by atoms with Crippen LogP contribution in [-0.4, -0.2) is 19.6 Å². The first-order valence-electron chi connectivity index (χ1n) is 9.38. The molecule has 3 N–H and O–H groups in total. The van der Waals surface area contributed by atoms with E-state index in [1.807, 2.05) is 36.4 Å². The smallest absolute Gasteiger partial charge is 0.220 e. The molecule has 26 heavy (non-hydrogen) atoms. The molecule has 0 aromatic heterocycles. The number of nitrogens with one attached hydrogen (secondary N) is 1. The van der Waals surface area contributed by atoms with Gasteiger partial charge in [-0.25, -0.2) is 0 Å². The number of para-hydroxylation sites is 2. The third kappa shape index (κ3) is 4.01. The Morgan fingerprint density at radius 1 is 1.12 bits per heavy atom. The fraction of sp³-hybridized carbons (Fsp3) is 0.409. The van der Waals surface area contributed by atoms with Crippen molar-refractivity contribution in [2.24, 2.45) is 0 Å². The van der Waals surface area contributed by atoms with Crippen LogP contribution in [0.5, 0.6) is 5.75 Å². The summed E-state index contributed by atoms with van der Waals surface area (Å²) in [4.78, 5) is 12.4. The molecule has 0 spiro atoms. The fourth-order valence-electron chi connectivity index (χ4n) is 4.04. The number of carbonyl (C=O) groups is 1. The third-order valence-electron chi connectivity index (χ3n) is 5.54. The van der Waals surface area contributed by atoms with Gasteiger partial charge in [-0.2, -0.15) is 0 Å². The molecule has 1 amide bonds. The molecule has 4 nitrogen and oxygen atoms in total. The van der Waals surface area contributed by atoms with Gasteiger partial charge in [0.25, 0.3) is 0 Å². The van der Waals surface area contributed by atoms with Crippen LogP contribution < -0.4 is 15.8 Å². The Bertz CT molecular complexity index is 751. The molecule has 0 bridgehead atoms. The molecule has 2 aromatic carbocycles. The highest BCUT2D eigenvalue weighted by molar-refractivity contribution is 5.76. The molecule has 0 radical (unpaired) electrons. The van der Waals surface area contributed by atoms with E-state index >= 15 is 0 Å². The number of methoxy groups -OCH3 is 1. The number of hydrogen-bond donors (Lipinski definition) is 2. The lowest BCUT2D eigenvalue weighted by molar-refractivity contribution is -0.121. The number of nitrogens with two attached hydrogens (primary N) is 1. The summed E-state index contributed by atoms with van der Waals surface area (Å²) in [5.41, 5.74) is 8.94. The Labute approximate surface area is 155 Å². The Morgan fingerprint density at radius 2 is 1.81 bits per heavy atom. The van der Waals surface area contributed by atoms with Gasteiger partial charge in [0, 0.05) is 29.6 Å². The van der Waals surface area contributed by atoms with Gasteiger partial charge in [-0.1, -0.05) is 49.2 Å². The van der Waals surface area contributed by atoms with E-state index in [4.69, 9.17) is 10.5 Å². The summed E-state index contributed by atoms with van der Waals surface area (Å²) in [5, 5.41) is 3.17. The minimum atomic E-state index is -0.0198. The Kier molecular flexibility index (Phi) is 5.82. The molecule has 0 atom stereocenters. The minimum absolute atomic E-state index is 0.0198. The SMILES string of the molecule is COc1ccccc1C1(CNC(=O)CCc2ccccc2N)CCCC1.